The van der Waals surface area contributed by atoms with E-state index in [0.717, 1.165) is 140 Å². The van der Waals surface area contributed by atoms with Crippen molar-refractivity contribution in [2.24, 2.45) is 11.8 Å². The monoisotopic (exact) mass is 1670 g/mol. The average Bonchev–Trinajstić information content (AvgIpc) is 1.60. The van der Waals surface area contributed by atoms with Crippen LogP contribution < -0.4 is 56.3 Å². The molecule has 10 N–H and O–H groups in total. The molecule has 34 heteroatoms. The molecule has 0 radical (unpaired) electrons. The Hall–Kier alpha value is -9.16. The maximum Gasteiger partial charge on any atom is 0.185 e. The van der Waals surface area contributed by atoms with Crippen LogP contribution in [0.5, 0.6) is 0 Å². The number of pyridine rings is 4. The van der Waals surface area contributed by atoms with Gasteiger partial charge in [-0.1, -0.05) is 33.8 Å². The van der Waals surface area contributed by atoms with Gasteiger partial charge in [0, 0.05) is 116 Å². The maximum absolute atomic E-state index is 11.5. The minimum Gasteiger partial charge on any atom is -0.619 e. The first-order valence-electron chi connectivity index (χ1n) is 34.1. The van der Waals surface area contributed by atoms with Crippen LogP contribution in [0.3, 0.4) is 0 Å². The van der Waals surface area contributed by atoms with Gasteiger partial charge in [-0.3, -0.25) is 4.98 Å². The normalized spacial score (nSPS) is 14.6. The molecule has 14 rings (SSSR count). The van der Waals surface area contributed by atoms with Gasteiger partial charge in [0.1, 0.15) is 40.7 Å². The molecule has 0 unspecified atom stereocenters. The van der Waals surface area contributed by atoms with Crippen LogP contribution in [0.25, 0.3) is 22.6 Å². The lowest BCUT2D eigenvalue weighted by atomic mass is 9.94. The number of halogens is 4. The Morgan fingerprint density at radius 1 is 0.538 bits per heavy atom. The fraction of sp³-hybridized carbons (Fsp3) is 0.371. The predicted molar refractivity (Wildman–Crippen MR) is 413 cm³/mol. The molecule has 0 bridgehead atoms. The van der Waals surface area contributed by atoms with Gasteiger partial charge in [0.25, 0.3) is 0 Å². The summed E-state index contributed by atoms with van der Waals surface area (Å²) in [6, 6.07) is 22.3. The Kier molecular flexibility index (Phi) is 25.6. The second-order valence-corrected chi connectivity index (χ2v) is 29.8. The Balaban J connectivity index is 0.000000139. The summed E-state index contributed by atoms with van der Waals surface area (Å²) in [6.45, 7) is 16.9. The molecule has 0 spiro atoms. The molecule has 2 aliphatic rings. The third-order valence-electron chi connectivity index (χ3n) is 17.6. The number of nitrogens with one attached hydrogen (secondary N) is 7. The summed E-state index contributed by atoms with van der Waals surface area (Å²) in [5.41, 5.74) is 6.90. The smallest absolute Gasteiger partial charge is 0.185 e. The van der Waals surface area contributed by atoms with Gasteiger partial charge in [0.05, 0.1) is 79.6 Å². The zero-order valence-electron chi connectivity index (χ0n) is 58.2. The van der Waals surface area contributed by atoms with E-state index in [1.54, 1.807) is 62.7 Å². The fourth-order valence-electron chi connectivity index (χ4n) is 12.0. The topological polar surface area (TPSA) is 363 Å². The van der Waals surface area contributed by atoms with Crippen molar-refractivity contribution >= 4 is 127 Å². The highest BCUT2D eigenvalue weighted by Gasteiger charge is 2.37. The molecule has 12 aromatic heterocycles. The lowest BCUT2D eigenvalue weighted by Gasteiger charge is -2.34. The Morgan fingerprint density at radius 2 is 0.942 bits per heavy atom. The number of anilines is 7. The summed E-state index contributed by atoms with van der Waals surface area (Å²) in [5.74, 6) is 6.26. The summed E-state index contributed by atoms with van der Waals surface area (Å²) in [4.78, 5) is 25.1. The molecule has 3 atom stereocenters. The number of aromatic nitrogens is 16. The van der Waals surface area contributed by atoms with Crippen LogP contribution >= 0.6 is 63.7 Å². The lowest BCUT2D eigenvalue weighted by Crippen LogP contribution is -2.46. The van der Waals surface area contributed by atoms with Gasteiger partial charge >= 0.3 is 0 Å². The molecule has 548 valence electrons. The third-order valence-corrected chi connectivity index (χ3v) is 19.9. The van der Waals surface area contributed by atoms with E-state index < -0.39 is 5.60 Å². The van der Waals surface area contributed by atoms with Gasteiger partial charge in [-0.2, -0.15) is 52.6 Å². The summed E-state index contributed by atoms with van der Waals surface area (Å²) in [7, 11) is 0. The van der Waals surface area contributed by atoms with Crippen molar-refractivity contribution in [3.63, 3.8) is 0 Å². The molecule has 14 heterocycles. The largest absolute Gasteiger partial charge is 0.619 e. The van der Waals surface area contributed by atoms with E-state index in [4.69, 9.17) is 9.97 Å². The molecule has 104 heavy (non-hydrogen) atoms. The summed E-state index contributed by atoms with van der Waals surface area (Å²) < 4.78 is 12.5. The molecule has 0 saturated carbocycles. The first-order valence-corrected chi connectivity index (χ1v) is 37.3. The van der Waals surface area contributed by atoms with Crippen molar-refractivity contribution in [1.29, 1.82) is 0 Å². The van der Waals surface area contributed by atoms with E-state index in [9.17, 15) is 30.9 Å². The fourth-order valence-corrected chi connectivity index (χ4v) is 13.4. The quantitative estimate of drug-likeness (QED) is 0.0210. The second-order valence-electron chi connectivity index (χ2n) is 26.4. The van der Waals surface area contributed by atoms with Crippen molar-refractivity contribution in [3.05, 3.63) is 209 Å². The number of rotatable bonds is 23. The summed E-state index contributed by atoms with van der Waals surface area (Å²) in [5, 5.41) is 105. The van der Waals surface area contributed by atoms with Gasteiger partial charge in [-0.15, -0.1) is 0 Å². The van der Waals surface area contributed by atoms with E-state index in [1.807, 2.05) is 94.7 Å². The minimum atomic E-state index is -0.818. The number of aliphatic hydroxyl groups is 3. The maximum atomic E-state index is 11.5. The number of fused-ring (bicyclic) bond motifs is 4. The molecular weight excluding hydrogens is 1590 g/mol. The molecular formula is C70H84Br4N24O6. The molecule has 0 aliphatic carbocycles. The van der Waals surface area contributed by atoms with Crippen LogP contribution in [0, 0.1) is 27.5 Å². The number of aliphatic hydroxyl groups excluding tert-OH is 2. The highest BCUT2D eigenvalue weighted by Crippen LogP contribution is 2.35. The number of hydrogen-bond acceptors (Lipinski definition) is 23. The SMILES string of the molecule is Brc1cnn2c(NCc3cccnc3)cc(C3CCNCC3)nc12.CC(C)(O)[C@@H]1CCCN1c1cc(NCc2ccc[n+]([O-])c2)n2ncc(Br)c2n1.CC(C)[C@@H](CO)Nc1cc(NCc2ccc[n+]([O-])c2)n2ncc(Br)c2n1.CC(C)[C@H](CO)Nc1cc(NCc2ccc[n+]([O-])c2)n2ncc(Br)c2n1. The van der Waals surface area contributed by atoms with Crippen LogP contribution in [0.15, 0.2) is 165 Å². The van der Waals surface area contributed by atoms with Crippen LogP contribution in [0.4, 0.5) is 40.7 Å². The highest BCUT2D eigenvalue weighted by atomic mass is 79.9. The first kappa shape index (κ1) is 76.0. The van der Waals surface area contributed by atoms with Crippen molar-refractivity contribution in [1.82, 2.24) is 68.7 Å². The van der Waals surface area contributed by atoms with E-state index >= 15 is 0 Å². The standard InChI is InChI=1S/C19H23BrN6O2.2C17H21BrN6O2.C17H19BrN6/c1-19(2,27)15-6-4-8-25(15)17-9-16(26-18(23-17)14(20)11-22-26)21-10-13-5-3-7-24(28)12-13;2*1-11(2)14(10-25)21-15-6-16(24-17(22-15)13(18)8-20-24)19-7-12-4-3-5-23(26)9-12;18-14-11-22-24-16(21-10-12-2-1-5-20-9-12)8-15(23-17(14)24)13-3-6-19-7-4-13/h3,5,7,9,11-12,15,21,27H,4,6,8,10H2,1-2H3;2*3-6,8-9,11,14,19,25H,7,10H2,1-2H3,(H,21,22);1-2,5,8-9,11,13,19,21H,3-4,6-7,10H2/t15-;2*14-;/m010./s1. The van der Waals surface area contributed by atoms with Crippen LogP contribution in [-0.4, -0.2) is 135 Å². The molecule has 0 aromatic carbocycles. The van der Waals surface area contributed by atoms with Crippen molar-refractivity contribution < 1.29 is 29.5 Å². The molecule has 2 fully saturated rings. The van der Waals surface area contributed by atoms with Crippen molar-refractivity contribution in [2.45, 2.75) is 123 Å². The minimum absolute atomic E-state index is 0.00513. The Morgan fingerprint density at radius 3 is 1.35 bits per heavy atom. The van der Waals surface area contributed by atoms with Gasteiger partial charge in [-0.25, -0.2) is 19.9 Å². The Labute approximate surface area is 634 Å². The first-order chi connectivity index (χ1) is 50.1. The van der Waals surface area contributed by atoms with Crippen molar-refractivity contribution in [2.75, 3.05) is 69.6 Å². The van der Waals surface area contributed by atoms with Crippen molar-refractivity contribution in [3.8, 4) is 0 Å². The lowest BCUT2D eigenvalue weighted by molar-refractivity contribution is -0.606. The van der Waals surface area contributed by atoms with Gasteiger partial charge in [0.15, 0.2) is 59.8 Å². The van der Waals surface area contributed by atoms with Gasteiger partial charge in [-0.05, 0) is 158 Å². The van der Waals surface area contributed by atoms with Gasteiger partial charge < -0.3 is 73.1 Å². The van der Waals surface area contributed by atoms with Crippen LogP contribution in [0.1, 0.15) is 101 Å². The van der Waals surface area contributed by atoms with E-state index in [-0.39, 0.29) is 43.2 Å². The van der Waals surface area contributed by atoms with E-state index in [1.165, 1.54) is 37.2 Å². The predicted octanol–water partition coefficient (Wildman–Crippen LogP) is 9.78. The third kappa shape index (κ3) is 19.4. The molecule has 0 amide bonds. The number of nitrogens with zero attached hydrogens (tertiary/aromatic N) is 17. The molecule has 30 nitrogen and oxygen atoms in total. The van der Waals surface area contributed by atoms with E-state index in [2.05, 4.69) is 153 Å². The second kappa shape index (κ2) is 35.1. The van der Waals surface area contributed by atoms with Crippen LogP contribution in [0.2, 0.25) is 0 Å². The summed E-state index contributed by atoms with van der Waals surface area (Å²) in [6.07, 6.45) is 23.6. The van der Waals surface area contributed by atoms with Crippen LogP contribution in [-0.2, 0) is 26.2 Å². The Bertz CT molecular complexity index is 4670. The summed E-state index contributed by atoms with van der Waals surface area (Å²) >= 11 is 14.0. The average molecular weight is 1680 g/mol. The molecule has 2 aliphatic heterocycles. The number of hydrogen-bond donors (Lipinski definition) is 10. The zero-order valence-corrected chi connectivity index (χ0v) is 64.5. The van der Waals surface area contributed by atoms with E-state index in [0.29, 0.717) is 60.7 Å². The highest BCUT2D eigenvalue weighted by molar-refractivity contribution is 9.11. The molecule has 2 saturated heterocycles. The number of piperidine rings is 1. The van der Waals surface area contributed by atoms with Gasteiger partial charge in [0.2, 0.25) is 0 Å². The zero-order chi connectivity index (χ0) is 73.6. The molecule has 12 aromatic rings.